The summed E-state index contributed by atoms with van der Waals surface area (Å²) in [6.45, 7) is 2.72. The van der Waals surface area contributed by atoms with E-state index in [-0.39, 0.29) is 15.6 Å². The first-order valence-electron chi connectivity index (χ1n) is 10.1. The highest BCUT2D eigenvalue weighted by Gasteiger charge is 2.16. The summed E-state index contributed by atoms with van der Waals surface area (Å²) in [5, 5.41) is 13.9. The molecule has 0 spiro atoms. The molecular weight excluding hydrogens is 460 g/mol. The van der Waals surface area contributed by atoms with Gasteiger partial charge in [-0.25, -0.2) is 13.4 Å². The zero-order valence-corrected chi connectivity index (χ0v) is 19.4. The van der Waals surface area contributed by atoms with E-state index in [1.807, 2.05) is 6.07 Å². The number of ether oxygens (including phenoxy) is 1. The molecule has 0 radical (unpaired) electrons. The maximum Gasteiger partial charge on any atom is 0.266 e. The molecule has 170 valence electrons. The SMILES string of the molecule is CCCCOc1ccc(/C=C(\C#N)C(=O)Nc2ccc(S(=O)(=O)Nc3nccs3)cc2)cc1. The maximum absolute atomic E-state index is 12.5. The maximum atomic E-state index is 12.5. The predicted molar refractivity (Wildman–Crippen MR) is 128 cm³/mol. The zero-order valence-electron chi connectivity index (χ0n) is 17.8. The summed E-state index contributed by atoms with van der Waals surface area (Å²) in [6, 6.07) is 14.6. The molecule has 1 aromatic heterocycles. The van der Waals surface area contributed by atoms with E-state index in [4.69, 9.17) is 4.74 Å². The summed E-state index contributed by atoms with van der Waals surface area (Å²) in [5.74, 6) is 0.125. The molecule has 0 fully saturated rings. The number of unbranched alkanes of at least 4 members (excludes halogenated alkanes) is 1. The van der Waals surface area contributed by atoms with Crippen molar-refractivity contribution in [3.8, 4) is 11.8 Å². The second-order valence-electron chi connectivity index (χ2n) is 6.86. The molecule has 0 aliphatic heterocycles. The fourth-order valence-corrected chi connectivity index (χ4v) is 4.46. The summed E-state index contributed by atoms with van der Waals surface area (Å²) in [5.41, 5.74) is 0.949. The number of amides is 1. The Morgan fingerprint density at radius 2 is 1.91 bits per heavy atom. The van der Waals surface area contributed by atoms with E-state index in [1.165, 1.54) is 47.9 Å². The Labute approximate surface area is 196 Å². The van der Waals surface area contributed by atoms with Crippen LogP contribution in [0.15, 0.2) is 70.6 Å². The Kier molecular flexibility index (Phi) is 8.18. The van der Waals surface area contributed by atoms with E-state index in [0.717, 1.165) is 18.6 Å². The van der Waals surface area contributed by atoms with E-state index >= 15 is 0 Å². The van der Waals surface area contributed by atoms with Gasteiger partial charge in [0.15, 0.2) is 5.13 Å². The molecule has 1 heterocycles. The Morgan fingerprint density at radius 1 is 1.18 bits per heavy atom. The second kappa shape index (κ2) is 11.3. The van der Waals surface area contributed by atoms with Crippen molar-refractivity contribution in [3.63, 3.8) is 0 Å². The summed E-state index contributed by atoms with van der Waals surface area (Å²) < 4.78 is 32.8. The molecule has 1 amide bonds. The van der Waals surface area contributed by atoms with Gasteiger partial charge in [-0.15, -0.1) is 11.3 Å². The summed E-state index contributed by atoms with van der Waals surface area (Å²) in [7, 11) is -3.79. The van der Waals surface area contributed by atoms with Crippen LogP contribution < -0.4 is 14.8 Å². The topological polar surface area (TPSA) is 121 Å². The van der Waals surface area contributed by atoms with Crippen LogP contribution in [-0.4, -0.2) is 25.9 Å². The lowest BCUT2D eigenvalue weighted by Gasteiger charge is -2.08. The van der Waals surface area contributed by atoms with E-state index in [9.17, 15) is 18.5 Å². The fourth-order valence-electron chi connectivity index (χ4n) is 2.67. The highest BCUT2D eigenvalue weighted by Crippen LogP contribution is 2.20. The number of hydrogen-bond donors (Lipinski definition) is 2. The summed E-state index contributed by atoms with van der Waals surface area (Å²) in [6.07, 6.45) is 4.98. The summed E-state index contributed by atoms with van der Waals surface area (Å²) in [4.78, 5) is 16.4. The van der Waals surface area contributed by atoms with Crippen molar-refractivity contribution in [2.75, 3.05) is 16.6 Å². The average Bonchev–Trinajstić information content (AvgIpc) is 3.31. The minimum Gasteiger partial charge on any atom is -0.494 e. The van der Waals surface area contributed by atoms with Crippen molar-refractivity contribution in [2.45, 2.75) is 24.7 Å². The molecule has 10 heteroatoms. The third-order valence-corrected chi connectivity index (χ3v) is 6.57. The fraction of sp³-hybridized carbons (Fsp3) is 0.174. The van der Waals surface area contributed by atoms with Crippen molar-refractivity contribution in [1.82, 2.24) is 4.98 Å². The third-order valence-electron chi connectivity index (χ3n) is 4.40. The van der Waals surface area contributed by atoms with Crippen LogP contribution in [-0.2, 0) is 14.8 Å². The number of carbonyl (C=O) groups is 1. The molecule has 2 N–H and O–H groups in total. The normalized spacial score (nSPS) is 11.5. The number of nitrogens with one attached hydrogen (secondary N) is 2. The third kappa shape index (κ3) is 6.90. The van der Waals surface area contributed by atoms with Gasteiger partial charge >= 0.3 is 0 Å². The molecule has 0 saturated heterocycles. The highest BCUT2D eigenvalue weighted by molar-refractivity contribution is 7.93. The van der Waals surface area contributed by atoms with Gasteiger partial charge in [0, 0.05) is 17.3 Å². The Hall–Kier alpha value is -3.68. The molecule has 33 heavy (non-hydrogen) atoms. The van der Waals surface area contributed by atoms with Crippen molar-refractivity contribution < 1.29 is 17.9 Å². The lowest BCUT2D eigenvalue weighted by atomic mass is 10.1. The molecule has 3 aromatic rings. The largest absolute Gasteiger partial charge is 0.494 e. The number of rotatable bonds is 10. The quantitative estimate of drug-likeness (QED) is 0.246. The zero-order chi connectivity index (χ0) is 23.7. The number of nitriles is 1. The first-order chi connectivity index (χ1) is 15.9. The van der Waals surface area contributed by atoms with Crippen molar-refractivity contribution >= 4 is 44.2 Å². The first-order valence-corrected chi connectivity index (χ1v) is 12.5. The number of thiazole rings is 1. The van der Waals surface area contributed by atoms with Crippen LogP contribution in [0.5, 0.6) is 5.75 Å². The molecule has 0 bridgehead atoms. The van der Waals surface area contributed by atoms with E-state index in [2.05, 4.69) is 21.9 Å². The molecular formula is C23H22N4O4S2. The van der Waals surface area contributed by atoms with E-state index in [0.29, 0.717) is 17.9 Å². The van der Waals surface area contributed by atoms with Crippen molar-refractivity contribution in [2.24, 2.45) is 0 Å². The Bertz CT molecular complexity index is 1250. The minimum absolute atomic E-state index is 0.0213. The van der Waals surface area contributed by atoms with Crippen LogP contribution in [0.1, 0.15) is 25.3 Å². The molecule has 8 nitrogen and oxygen atoms in total. The van der Waals surface area contributed by atoms with Crippen molar-refractivity contribution in [1.29, 1.82) is 5.26 Å². The van der Waals surface area contributed by atoms with Crippen LogP contribution in [0, 0.1) is 11.3 Å². The molecule has 0 saturated carbocycles. The highest BCUT2D eigenvalue weighted by atomic mass is 32.2. The molecule has 2 aromatic carbocycles. The van der Waals surface area contributed by atoms with Crippen LogP contribution in [0.4, 0.5) is 10.8 Å². The van der Waals surface area contributed by atoms with Crippen LogP contribution in [0.3, 0.4) is 0 Å². The monoisotopic (exact) mass is 482 g/mol. The molecule has 0 unspecified atom stereocenters. The van der Waals surface area contributed by atoms with Crippen LogP contribution in [0.25, 0.3) is 6.08 Å². The number of anilines is 2. The lowest BCUT2D eigenvalue weighted by molar-refractivity contribution is -0.112. The number of carbonyl (C=O) groups excluding carboxylic acids is 1. The van der Waals surface area contributed by atoms with Gasteiger partial charge in [0.1, 0.15) is 17.4 Å². The van der Waals surface area contributed by atoms with Gasteiger partial charge < -0.3 is 10.1 Å². The van der Waals surface area contributed by atoms with E-state index < -0.39 is 15.9 Å². The van der Waals surface area contributed by atoms with Crippen LogP contribution >= 0.6 is 11.3 Å². The Balaban J connectivity index is 1.65. The second-order valence-corrected chi connectivity index (χ2v) is 9.44. The van der Waals surface area contributed by atoms with Gasteiger partial charge in [0.05, 0.1) is 11.5 Å². The first kappa shape index (κ1) is 24.0. The molecule has 0 aliphatic rings. The average molecular weight is 483 g/mol. The van der Waals surface area contributed by atoms with E-state index in [1.54, 1.807) is 29.6 Å². The van der Waals surface area contributed by atoms with Gasteiger partial charge in [0.2, 0.25) is 0 Å². The summed E-state index contributed by atoms with van der Waals surface area (Å²) >= 11 is 1.17. The molecule has 0 aliphatic carbocycles. The molecule has 3 rings (SSSR count). The molecule has 0 atom stereocenters. The van der Waals surface area contributed by atoms with Gasteiger partial charge in [-0.1, -0.05) is 25.5 Å². The van der Waals surface area contributed by atoms with Gasteiger partial charge in [0.25, 0.3) is 15.9 Å². The minimum atomic E-state index is -3.79. The van der Waals surface area contributed by atoms with Gasteiger partial charge in [-0.2, -0.15) is 5.26 Å². The number of hydrogen-bond acceptors (Lipinski definition) is 7. The smallest absolute Gasteiger partial charge is 0.266 e. The predicted octanol–water partition coefficient (Wildman–Crippen LogP) is 4.67. The van der Waals surface area contributed by atoms with Crippen molar-refractivity contribution in [3.05, 3.63) is 71.2 Å². The van der Waals surface area contributed by atoms with Crippen LogP contribution in [0.2, 0.25) is 0 Å². The number of nitrogens with zero attached hydrogens (tertiary/aromatic N) is 2. The number of aromatic nitrogens is 1. The number of benzene rings is 2. The lowest BCUT2D eigenvalue weighted by Crippen LogP contribution is -2.15. The van der Waals surface area contributed by atoms with Gasteiger partial charge in [-0.3, -0.25) is 9.52 Å². The standard InChI is InChI=1S/C23H22N4O4S2/c1-2-3-13-31-20-8-4-17(5-9-20)15-18(16-24)22(28)26-19-6-10-21(11-7-19)33(29,30)27-23-25-12-14-32-23/h4-12,14-15H,2-3,13H2,1H3,(H,25,27)(H,26,28)/b18-15+. The number of sulfonamides is 1. The Morgan fingerprint density at radius 3 is 2.52 bits per heavy atom. The van der Waals surface area contributed by atoms with Gasteiger partial charge in [-0.05, 0) is 54.5 Å².